The summed E-state index contributed by atoms with van der Waals surface area (Å²) in [6, 6.07) is 1.55. The van der Waals surface area contributed by atoms with Crippen LogP contribution in [0.15, 0.2) is 22.9 Å². The molecule has 0 aromatic carbocycles. The van der Waals surface area contributed by atoms with E-state index in [1.165, 1.54) is 12.4 Å². The number of rotatable bonds is 2. The predicted molar refractivity (Wildman–Crippen MR) is 70.8 cm³/mol. The Labute approximate surface area is 114 Å². The molecule has 2 N–H and O–H groups in total. The quantitative estimate of drug-likeness (QED) is 0.875. The highest BCUT2D eigenvalue weighted by Gasteiger charge is 2.24. The minimum absolute atomic E-state index is 0.0594. The number of carbonyl (C=O) groups excluding carboxylic acids is 1. The first-order valence-corrected chi connectivity index (χ1v) is 5.88. The molecule has 2 aromatic heterocycles. The summed E-state index contributed by atoms with van der Waals surface area (Å²) in [5.74, 6) is -1.65. The van der Waals surface area contributed by atoms with Crippen molar-refractivity contribution >= 4 is 28.7 Å². The summed E-state index contributed by atoms with van der Waals surface area (Å²) in [6.45, 7) is 5.13. The summed E-state index contributed by atoms with van der Waals surface area (Å²) in [6.07, 6.45) is 2.10. The topological polar surface area (TPSA) is 102 Å². The highest BCUT2D eigenvalue weighted by atomic mass is 16.6. The van der Waals surface area contributed by atoms with Crippen LogP contribution in [0.2, 0.25) is 0 Å². The van der Waals surface area contributed by atoms with Crippen molar-refractivity contribution in [2.45, 2.75) is 26.4 Å². The Morgan fingerprint density at radius 3 is 2.70 bits per heavy atom. The molecule has 0 saturated carbocycles. The standard InChI is InChI=1S/C13H14N2O5/c1-13(2,3)20-12(18)15-9-7-4-5-14-6-8(7)19-10(9)11(16)17/h4-6H,1-3H3,(H,15,18)(H,16,17). The van der Waals surface area contributed by atoms with Crippen molar-refractivity contribution in [3.05, 3.63) is 24.2 Å². The third-order valence-electron chi connectivity index (χ3n) is 2.31. The maximum atomic E-state index is 11.8. The van der Waals surface area contributed by atoms with E-state index < -0.39 is 17.7 Å². The summed E-state index contributed by atoms with van der Waals surface area (Å²) >= 11 is 0. The molecule has 7 heteroatoms. The molecule has 106 valence electrons. The molecule has 0 radical (unpaired) electrons. The number of aromatic nitrogens is 1. The van der Waals surface area contributed by atoms with E-state index in [0.717, 1.165) is 0 Å². The van der Waals surface area contributed by atoms with E-state index >= 15 is 0 Å². The second-order valence-electron chi connectivity index (χ2n) is 5.11. The molecule has 0 unspecified atom stereocenters. The van der Waals surface area contributed by atoms with Gasteiger partial charge in [-0.2, -0.15) is 0 Å². The van der Waals surface area contributed by atoms with Crippen LogP contribution < -0.4 is 5.32 Å². The molecule has 0 aliphatic rings. The zero-order chi connectivity index (χ0) is 14.9. The molecule has 0 atom stereocenters. The van der Waals surface area contributed by atoms with Gasteiger partial charge in [0, 0.05) is 11.6 Å². The fourth-order valence-corrected chi connectivity index (χ4v) is 1.63. The summed E-state index contributed by atoms with van der Waals surface area (Å²) < 4.78 is 10.3. The largest absolute Gasteiger partial charge is 0.475 e. The Morgan fingerprint density at radius 2 is 2.10 bits per heavy atom. The lowest BCUT2D eigenvalue weighted by molar-refractivity contribution is 0.0635. The lowest BCUT2D eigenvalue weighted by Gasteiger charge is -2.19. The van der Waals surface area contributed by atoms with Gasteiger partial charge in [0.2, 0.25) is 5.76 Å². The van der Waals surface area contributed by atoms with Crippen molar-refractivity contribution in [2.24, 2.45) is 0 Å². The van der Waals surface area contributed by atoms with Crippen LogP contribution in [-0.4, -0.2) is 27.8 Å². The van der Waals surface area contributed by atoms with Crippen molar-refractivity contribution in [1.29, 1.82) is 0 Å². The van der Waals surface area contributed by atoms with Gasteiger partial charge in [0.25, 0.3) is 0 Å². The molecule has 0 saturated heterocycles. The van der Waals surface area contributed by atoms with Crippen molar-refractivity contribution in [3.63, 3.8) is 0 Å². The predicted octanol–water partition coefficient (Wildman–Crippen LogP) is 2.87. The van der Waals surface area contributed by atoms with Crippen LogP contribution in [0.5, 0.6) is 0 Å². The molecular formula is C13H14N2O5. The number of aromatic carboxylic acids is 1. The van der Waals surface area contributed by atoms with Crippen LogP contribution >= 0.6 is 0 Å². The fraction of sp³-hybridized carbons (Fsp3) is 0.308. The molecule has 7 nitrogen and oxygen atoms in total. The first-order valence-electron chi connectivity index (χ1n) is 5.88. The average molecular weight is 278 g/mol. The smallest absolute Gasteiger partial charge is 0.412 e. The normalized spacial score (nSPS) is 11.3. The summed E-state index contributed by atoms with van der Waals surface area (Å²) in [5.41, 5.74) is -0.353. The van der Waals surface area contributed by atoms with E-state index in [4.69, 9.17) is 14.3 Å². The third kappa shape index (κ3) is 2.87. The number of hydrogen-bond acceptors (Lipinski definition) is 5. The number of carbonyl (C=O) groups is 2. The number of anilines is 1. The number of hydrogen-bond donors (Lipinski definition) is 2. The van der Waals surface area contributed by atoms with Crippen LogP contribution in [-0.2, 0) is 4.74 Å². The Hall–Kier alpha value is -2.57. The van der Waals surface area contributed by atoms with Gasteiger partial charge in [0.05, 0.1) is 6.20 Å². The number of nitrogens with zero attached hydrogens (tertiary/aromatic N) is 1. The minimum atomic E-state index is -1.28. The SMILES string of the molecule is CC(C)(C)OC(=O)Nc1c(C(=O)O)oc2cnccc12. The molecule has 0 bridgehead atoms. The number of amides is 1. The molecule has 0 aliphatic carbocycles. The number of nitrogens with one attached hydrogen (secondary N) is 1. The number of fused-ring (bicyclic) bond motifs is 1. The van der Waals surface area contributed by atoms with Gasteiger partial charge in [0.1, 0.15) is 11.3 Å². The molecule has 2 aromatic rings. The van der Waals surface area contributed by atoms with E-state index in [1.54, 1.807) is 26.8 Å². The second kappa shape index (κ2) is 4.84. The van der Waals surface area contributed by atoms with E-state index in [9.17, 15) is 9.59 Å². The van der Waals surface area contributed by atoms with Crippen molar-refractivity contribution in [3.8, 4) is 0 Å². The van der Waals surface area contributed by atoms with Crippen LogP contribution in [0.1, 0.15) is 31.3 Å². The van der Waals surface area contributed by atoms with Crippen molar-refractivity contribution < 1.29 is 23.8 Å². The zero-order valence-electron chi connectivity index (χ0n) is 11.3. The van der Waals surface area contributed by atoms with Crippen LogP contribution in [0.25, 0.3) is 11.0 Å². The molecular weight excluding hydrogens is 264 g/mol. The van der Waals surface area contributed by atoms with Crippen molar-refractivity contribution in [2.75, 3.05) is 5.32 Å². The molecule has 2 heterocycles. The van der Waals surface area contributed by atoms with Gasteiger partial charge >= 0.3 is 12.1 Å². The van der Waals surface area contributed by atoms with Gasteiger partial charge in [-0.3, -0.25) is 10.3 Å². The highest BCUT2D eigenvalue weighted by Crippen LogP contribution is 2.30. The number of carboxylic acids is 1. The number of ether oxygens (including phenoxy) is 1. The lowest BCUT2D eigenvalue weighted by atomic mass is 10.2. The van der Waals surface area contributed by atoms with Crippen LogP contribution in [0.4, 0.5) is 10.5 Å². The number of pyridine rings is 1. The molecule has 0 spiro atoms. The highest BCUT2D eigenvalue weighted by molar-refractivity contribution is 6.07. The van der Waals surface area contributed by atoms with E-state index in [2.05, 4.69) is 10.3 Å². The molecule has 0 fully saturated rings. The van der Waals surface area contributed by atoms with Gasteiger partial charge < -0.3 is 14.3 Å². The van der Waals surface area contributed by atoms with Gasteiger partial charge in [-0.1, -0.05) is 0 Å². The lowest BCUT2D eigenvalue weighted by Crippen LogP contribution is -2.27. The fourth-order valence-electron chi connectivity index (χ4n) is 1.63. The van der Waals surface area contributed by atoms with Crippen molar-refractivity contribution in [1.82, 2.24) is 4.98 Å². The summed E-state index contributed by atoms with van der Waals surface area (Å²) in [4.78, 5) is 26.7. The molecule has 20 heavy (non-hydrogen) atoms. The van der Waals surface area contributed by atoms with E-state index in [1.807, 2.05) is 0 Å². The first-order chi connectivity index (χ1) is 9.28. The average Bonchev–Trinajstić information content (AvgIpc) is 2.66. The van der Waals surface area contributed by atoms with E-state index in [0.29, 0.717) is 5.39 Å². The first kappa shape index (κ1) is 13.9. The van der Waals surface area contributed by atoms with Gasteiger partial charge in [-0.15, -0.1) is 0 Å². The maximum Gasteiger partial charge on any atom is 0.412 e. The molecule has 0 aliphatic heterocycles. The maximum absolute atomic E-state index is 11.8. The van der Waals surface area contributed by atoms with E-state index in [-0.39, 0.29) is 17.0 Å². The summed E-state index contributed by atoms with van der Waals surface area (Å²) in [7, 11) is 0. The summed E-state index contributed by atoms with van der Waals surface area (Å²) in [5, 5.41) is 12.0. The zero-order valence-corrected chi connectivity index (χ0v) is 11.3. The van der Waals surface area contributed by atoms with Crippen LogP contribution in [0.3, 0.4) is 0 Å². The molecule has 2 rings (SSSR count). The Balaban J connectivity index is 2.39. The monoisotopic (exact) mass is 278 g/mol. The Morgan fingerprint density at radius 1 is 1.40 bits per heavy atom. The van der Waals surface area contributed by atoms with Gasteiger partial charge in [0.15, 0.2) is 5.58 Å². The second-order valence-corrected chi connectivity index (χ2v) is 5.11. The van der Waals surface area contributed by atoms with Gasteiger partial charge in [-0.05, 0) is 26.8 Å². The number of carboxylic acid groups (broad SMARTS) is 1. The van der Waals surface area contributed by atoms with Crippen LogP contribution in [0, 0.1) is 0 Å². The Kier molecular flexibility index (Phi) is 3.35. The molecule has 1 amide bonds. The van der Waals surface area contributed by atoms with Gasteiger partial charge in [-0.25, -0.2) is 9.59 Å². The minimum Gasteiger partial charge on any atom is -0.475 e. The number of furan rings is 1. The Bertz CT molecular complexity index is 669. The third-order valence-corrected chi connectivity index (χ3v) is 2.31.